The maximum Gasteiger partial charge on any atom is 0.422 e. The molecule has 0 aliphatic carbocycles. The summed E-state index contributed by atoms with van der Waals surface area (Å²) < 4.78 is 101. The maximum absolute atomic E-state index is 13.9. The predicted molar refractivity (Wildman–Crippen MR) is 173 cm³/mol. The Hall–Kier alpha value is -4.70. The number of rotatable bonds is 11. The number of carbonyl (C=O) groups is 3. The Morgan fingerprint density at radius 3 is 2.29 bits per heavy atom. The molecule has 10 nitrogen and oxygen atoms in total. The molecule has 4 rings (SSSR count). The number of ether oxygens (including phenoxy) is 4. The monoisotopic (exact) mass is 725 g/mol. The first-order chi connectivity index (χ1) is 23.8. The number of aromatic nitrogens is 1. The average Bonchev–Trinajstić information content (AvgIpc) is 3.02. The molecule has 0 radical (unpaired) electrons. The molecule has 0 bridgehead atoms. The minimum Gasteiger partial charge on any atom is -0.483 e. The second-order valence-electron chi connectivity index (χ2n) is 12.7. The number of hydrogen-bond acceptors (Lipinski definition) is 8. The van der Waals surface area contributed by atoms with Gasteiger partial charge in [0.15, 0.2) is 18.7 Å². The third kappa shape index (κ3) is 12.2. The first-order valence-electron chi connectivity index (χ1n) is 15.8. The van der Waals surface area contributed by atoms with Crippen LogP contribution in [0.25, 0.3) is 11.1 Å². The largest absolute Gasteiger partial charge is 0.483 e. The van der Waals surface area contributed by atoms with Crippen LogP contribution in [0.4, 0.5) is 42.5 Å². The van der Waals surface area contributed by atoms with E-state index in [1.54, 1.807) is 37.3 Å². The van der Waals surface area contributed by atoms with Crippen LogP contribution in [0.1, 0.15) is 73.8 Å². The van der Waals surface area contributed by atoms with Gasteiger partial charge in [-0.05, 0) is 82.3 Å². The molecular weight excluding hydrogens is 688 g/mol. The number of ketones is 1. The van der Waals surface area contributed by atoms with E-state index < -0.39 is 71.5 Å². The summed E-state index contributed by atoms with van der Waals surface area (Å²) in [6, 6.07) is 10.7. The van der Waals surface area contributed by atoms with Crippen molar-refractivity contribution in [2.24, 2.45) is 0 Å². The van der Waals surface area contributed by atoms with Crippen molar-refractivity contribution >= 4 is 29.2 Å². The van der Waals surface area contributed by atoms with Gasteiger partial charge in [0.2, 0.25) is 5.91 Å². The molecule has 3 aromatic rings. The molecular formula is C35H37F6N3O7. The Bertz CT molecular complexity index is 1730. The number of nitrogens with zero attached hydrogens (tertiary/aromatic N) is 1. The lowest BCUT2D eigenvalue weighted by Gasteiger charge is -2.22. The molecule has 276 valence electrons. The number of amides is 2. The Morgan fingerprint density at radius 2 is 1.65 bits per heavy atom. The van der Waals surface area contributed by atoms with E-state index in [0.717, 1.165) is 24.8 Å². The van der Waals surface area contributed by atoms with Gasteiger partial charge in [-0.1, -0.05) is 18.2 Å². The lowest BCUT2D eigenvalue weighted by atomic mass is 9.99. The number of alkyl halides is 6. The van der Waals surface area contributed by atoms with Gasteiger partial charge < -0.3 is 24.3 Å². The molecule has 1 fully saturated rings. The number of hydrogen-bond donors (Lipinski definition) is 2. The van der Waals surface area contributed by atoms with Crippen LogP contribution in [-0.2, 0) is 31.8 Å². The van der Waals surface area contributed by atoms with E-state index in [2.05, 4.69) is 20.4 Å². The van der Waals surface area contributed by atoms with Crippen LogP contribution in [0.15, 0.2) is 48.5 Å². The molecule has 2 amide bonds. The van der Waals surface area contributed by atoms with Crippen molar-refractivity contribution in [2.45, 2.75) is 84.2 Å². The third-order valence-corrected chi connectivity index (χ3v) is 7.13. The summed E-state index contributed by atoms with van der Waals surface area (Å²) in [5.74, 6) is -3.03. The number of anilines is 2. The second kappa shape index (κ2) is 16.1. The van der Waals surface area contributed by atoms with Gasteiger partial charge >= 0.3 is 18.4 Å². The molecule has 2 aromatic carbocycles. The van der Waals surface area contributed by atoms with Crippen molar-refractivity contribution in [2.75, 3.05) is 23.8 Å². The van der Waals surface area contributed by atoms with Gasteiger partial charge in [-0.25, -0.2) is 4.79 Å². The van der Waals surface area contributed by atoms with Crippen LogP contribution in [0, 0.1) is 6.92 Å². The number of halogens is 6. The van der Waals surface area contributed by atoms with Gasteiger partial charge in [-0.15, -0.1) is 0 Å². The average molecular weight is 726 g/mol. The first kappa shape index (κ1) is 39.1. The minimum atomic E-state index is -5.23. The van der Waals surface area contributed by atoms with Crippen molar-refractivity contribution < 1.29 is 59.7 Å². The summed E-state index contributed by atoms with van der Waals surface area (Å²) in [5, 5.41) is 4.28. The lowest BCUT2D eigenvalue weighted by Crippen LogP contribution is -2.28. The van der Waals surface area contributed by atoms with Gasteiger partial charge in [-0.2, -0.15) is 26.3 Å². The van der Waals surface area contributed by atoms with Crippen LogP contribution < -0.4 is 15.4 Å². The van der Waals surface area contributed by atoms with Crippen LogP contribution in [0.2, 0.25) is 0 Å². The summed E-state index contributed by atoms with van der Waals surface area (Å²) in [5.41, 5.74) is -1.19. The number of benzene rings is 2. The van der Waals surface area contributed by atoms with E-state index >= 15 is 0 Å². The molecule has 1 saturated heterocycles. The zero-order chi connectivity index (χ0) is 37.6. The minimum absolute atomic E-state index is 0.115. The zero-order valence-corrected chi connectivity index (χ0v) is 28.2. The Labute approximate surface area is 289 Å². The quantitative estimate of drug-likeness (QED) is 0.114. The number of nitrogens with one attached hydrogen (secondary N) is 2. The summed E-state index contributed by atoms with van der Waals surface area (Å²) in [4.78, 5) is 43.2. The highest BCUT2D eigenvalue weighted by Crippen LogP contribution is 2.42. The first-order valence-corrected chi connectivity index (χ1v) is 15.8. The van der Waals surface area contributed by atoms with E-state index in [1.165, 1.54) is 26.8 Å². The Balaban J connectivity index is 1.55. The molecule has 1 aliphatic heterocycles. The molecule has 1 aliphatic rings. The standard InChI is InChI=1S/C35H37F6N3O7/c1-20-12-23(14-24(42-20)18-49-31-10-5-6-11-48-31)21-8-7-9-22(13-21)28(45)17-30(46)43-26-15-25(35(39,40)41)29(50-19-34(36,37)38)16-27(26)44-32(47)51-33(2,3)4/h7-9,12-16,31H,5-6,10-11,17-19H2,1-4H3,(H,43,46)(H,44,47). The molecule has 2 heterocycles. The predicted octanol–water partition coefficient (Wildman–Crippen LogP) is 8.62. The van der Waals surface area contributed by atoms with E-state index in [0.29, 0.717) is 35.7 Å². The zero-order valence-electron chi connectivity index (χ0n) is 28.2. The molecule has 0 saturated carbocycles. The number of aryl methyl sites for hydroxylation is 1. The molecule has 1 atom stereocenters. The highest BCUT2D eigenvalue weighted by atomic mass is 19.4. The van der Waals surface area contributed by atoms with Crippen LogP contribution in [0.3, 0.4) is 0 Å². The number of Topliss-reactive ketones (excluding diaryl/α,β-unsaturated/α-hetero) is 1. The normalized spacial score (nSPS) is 15.2. The molecule has 16 heteroatoms. The van der Waals surface area contributed by atoms with Gasteiger partial charge in [0.1, 0.15) is 11.4 Å². The van der Waals surface area contributed by atoms with E-state index in [9.17, 15) is 40.7 Å². The van der Waals surface area contributed by atoms with Gasteiger partial charge in [0, 0.05) is 23.9 Å². The van der Waals surface area contributed by atoms with Gasteiger partial charge in [-0.3, -0.25) is 19.9 Å². The summed E-state index contributed by atoms with van der Waals surface area (Å²) in [6.45, 7) is 5.06. The van der Waals surface area contributed by atoms with Crippen LogP contribution in [0.5, 0.6) is 5.75 Å². The molecule has 0 spiro atoms. The SMILES string of the molecule is Cc1cc(-c2cccc(C(=O)CC(=O)Nc3cc(C(F)(F)F)c(OCC(F)(F)F)cc3NC(=O)OC(C)(C)C)c2)cc(COC2CCCCO2)n1. The molecule has 1 unspecified atom stereocenters. The molecule has 1 aromatic heterocycles. The van der Waals surface area contributed by atoms with Crippen LogP contribution in [-0.4, -0.2) is 54.0 Å². The smallest absolute Gasteiger partial charge is 0.422 e. The van der Waals surface area contributed by atoms with Crippen molar-refractivity contribution in [3.63, 3.8) is 0 Å². The highest BCUT2D eigenvalue weighted by molar-refractivity contribution is 6.12. The summed E-state index contributed by atoms with van der Waals surface area (Å²) >= 11 is 0. The lowest BCUT2D eigenvalue weighted by molar-refractivity contribution is -0.169. The van der Waals surface area contributed by atoms with Crippen molar-refractivity contribution in [1.82, 2.24) is 4.98 Å². The van der Waals surface area contributed by atoms with E-state index in [4.69, 9.17) is 14.2 Å². The fourth-order valence-electron chi connectivity index (χ4n) is 5.01. The third-order valence-electron chi connectivity index (χ3n) is 7.13. The van der Waals surface area contributed by atoms with Crippen molar-refractivity contribution in [1.29, 1.82) is 0 Å². The topological polar surface area (TPSA) is 125 Å². The van der Waals surface area contributed by atoms with E-state index in [1.807, 2.05) is 0 Å². The van der Waals surface area contributed by atoms with Crippen molar-refractivity contribution in [3.8, 4) is 16.9 Å². The Morgan fingerprint density at radius 1 is 0.922 bits per heavy atom. The maximum atomic E-state index is 13.9. The van der Waals surface area contributed by atoms with Crippen LogP contribution >= 0.6 is 0 Å². The van der Waals surface area contributed by atoms with Gasteiger partial charge in [0.05, 0.1) is 35.7 Å². The molecule has 51 heavy (non-hydrogen) atoms. The number of carbonyl (C=O) groups excluding carboxylic acids is 3. The van der Waals surface area contributed by atoms with E-state index in [-0.39, 0.29) is 18.5 Å². The summed E-state index contributed by atoms with van der Waals surface area (Å²) in [6.07, 6.45) is -9.79. The van der Waals surface area contributed by atoms with Crippen molar-refractivity contribution in [3.05, 3.63) is 71.0 Å². The molecule has 2 N–H and O–H groups in total. The fraction of sp³-hybridized carbons (Fsp3) is 0.429. The fourth-order valence-corrected chi connectivity index (χ4v) is 5.01. The number of pyridine rings is 1. The van der Waals surface area contributed by atoms with Gasteiger partial charge in [0.25, 0.3) is 0 Å². The summed E-state index contributed by atoms with van der Waals surface area (Å²) in [7, 11) is 0. The Kier molecular flexibility index (Phi) is 12.3. The second-order valence-corrected chi connectivity index (χ2v) is 12.7. The highest BCUT2D eigenvalue weighted by Gasteiger charge is 2.38.